The molecule has 0 aromatic heterocycles. The van der Waals surface area contributed by atoms with Gasteiger partial charge in [0.1, 0.15) is 11.9 Å². The predicted octanol–water partition coefficient (Wildman–Crippen LogP) is 5.03. The zero-order chi connectivity index (χ0) is 20.6. The summed E-state index contributed by atoms with van der Waals surface area (Å²) in [6, 6.07) is 13.7. The van der Waals surface area contributed by atoms with Crippen molar-refractivity contribution < 1.29 is 19.1 Å². The maximum Gasteiger partial charge on any atom is 0.411 e. The number of hydrogen-bond acceptors (Lipinski definition) is 4. The molecule has 0 aliphatic heterocycles. The molecule has 0 spiro atoms. The molecule has 0 heterocycles. The van der Waals surface area contributed by atoms with Gasteiger partial charge in [0.05, 0.1) is 12.8 Å². The lowest BCUT2D eigenvalue weighted by Crippen LogP contribution is -2.43. The second-order valence-electron chi connectivity index (χ2n) is 6.82. The monoisotopic (exact) mass is 417 g/mol. The lowest BCUT2D eigenvalue weighted by molar-refractivity contribution is 0.0779. The first kappa shape index (κ1) is 20.8. The Balaban J connectivity index is 1.49. The topological polar surface area (TPSA) is 88.7 Å². The summed E-state index contributed by atoms with van der Waals surface area (Å²) < 4.78 is 10.8. The molecule has 3 rings (SSSR count). The summed E-state index contributed by atoms with van der Waals surface area (Å²) in [6.07, 6.45) is 2.26. The van der Waals surface area contributed by atoms with Crippen LogP contribution in [0.25, 0.3) is 0 Å². The van der Waals surface area contributed by atoms with Crippen LogP contribution in [0.3, 0.4) is 0 Å². The lowest BCUT2D eigenvalue weighted by atomic mass is 9.93. The van der Waals surface area contributed by atoms with E-state index in [1.54, 1.807) is 30.3 Å². The van der Waals surface area contributed by atoms with Crippen molar-refractivity contribution in [1.82, 2.24) is 5.32 Å². The quantitative estimate of drug-likeness (QED) is 0.636. The number of amides is 3. The molecule has 154 valence electrons. The molecule has 0 saturated heterocycles. The van der Waals surface area contributed by atoms with Gasteiger partial charge < -0.3 is 20.1 Å². The van der Waals surface area contributed by atoms with E-state index in [2.05, 4.69) is 16.0 Å². The standard InChI is InChI=1S/C21H24ClN3O4/c1-28-19-11-10-14(22)12-18(19)25-20(26)23-16-8-5-9-17(13-16)29-21(27)24-15-6-3-2-4-7-15/h2-4,6-7,10-12,16-17H,5,8-9,13H2,1H3,(H,24,27)(H2,23,25,26)/t16-,17+/m0/s1. The molecule has 1 saturated carbocycles. The van der Waals surface area contributed by atoms with Crippen LogP contribution in [-0.2, 0) is 4.74 Å². The van der Waals surface area contributed by atoms with Crippen molar-refractivity contribution >= 4 is 35.1 Å². The summed E-state index contributed by atoms with van der Waals surface area (Å²) in [5, 5.41) is 8.89. The van der Waals surface area contributed by atoms with Gasteiger partial charge in [-0.1, -0.05) is 29.8 Å². The average Bonchev–Trinajstić information content (AvgIpc) is 2.69. The summed E-state index contributed by atoms with van der Waals surface area (Å²) in [7, 11) is 1.52. The molecule has 3 amide bonds. The predicted molar refractivity (Wildman–Crippen MR) is 113 cm³/mol. The number of ether oxygens (including phenoxy) is 2. The summed E-state index contributed by atoms with van der Waals surface area (Å²) in [4.78, 5) is 24.5. The Labute approximate surface area is 174 Å². The van der Waals surface area contributed by atoms with Gasteiger partial charge in [0.2, 0.25) is 0 Å². The third kappa shape index (κ3) is 6.29. The number of urea groups is 1. The maximum absolute atomic E-state index is 12.4. The number of hydrogen-bond donors (Lipinski definition) is 3. The van der Waals surface area contributed by atoms with Crippen LogP contribution in [0.1, 0.15) is 25.7 Å². The fraction of sp³-hybridized carbons (Fsp3) is 0.333. The first-order chi connectivity index (χ1) is 14.0. The molecule has 1 aliphatic rings. The van der Waals surface area contributed by atoms with Gasteiger partial charge in [-0.25, -0.2) is 9.59 Å². The molecular weight excluding hydrogens is 394 g/mol. The van der Waals surface area contributed by atoms with E-state index in [1.807, 2.05) is 18.2 Å². The summed E-state index contributed by atoms with van der Waals surface area (Å²) >= 11 is 5.99. The van der Waals surface area contributed by atoms with Gasteiger partial charge in [0.25, 0.3) is 0 Å². The number of para-hydroxylation sites is 1. The van der Waals surface area contributed by atoms with Crippen LogP contribution in [0.2, 0.25) is 5.02 Å². The minimum Gasteiger partial charge on any atom is -0.495 e. The van der Waals surface area contributed by atoms with Crippen molar-refractivity contribution in [3.05, 3.63) is 53.6 Å². The lowest BCUT2D eigenvalue weighted by Gasteiger charge is -2.29. The Morgan fingerprint density at radius 1 is 1.07 bits per heavy atom. The molecule has 0 bridgehead atoms. The third-order valence-electron chi connectivity index (χ3n) is 4.66. The molecule has 3 N–H and O–H groups in total. The number of carbonyl (C=O) groups excluding carboxylic acids is 2. The first-order valence-electron chi connectivity index (χ1n) is 9.47. The van der Waals surface area contributed by atoms with Gasteiger partial charge in [-0.15, -0.1) is 0 Å². The average molecular weight is 418 g/mol. The Hall–Kier alpha value is -2.93. The molecule has 0 radical (unpaired) electrons. The highest BCUT2D eigenvalue weighted by Crippen LogP contribution is 2.28. The minimum absolute atomic E-state index is 0.0940. The normalized spacial score (nSPS) is 18.4. The van der Waals surface area contributed by atoms with Gasteiger partial charge >= 0.3 is 12.1 Å². The number of anilines is 2. The van der Waals surface area contributed by atoms with Gasteiger partial charge in [0, 0.05) is 23.2 Å². The van der Waals surface area contributed by atoms with Crippen LogP contribution < -0.4 is 20.7 Å². The van der Waals surface area contributed by atoms with Crippen molar-refractivity contribution in [3.8, 4) is 5.75 Å². The molecular formula is C21H24ClN3O4. The van der Waals surface area contributed by atoms with Gasteiger partial charge in [-0.2, -0.15) is 0 Å². The van der Waals surface area contributed by atoms with E-state index in [-0.39, 0.29) is 18.2 Å². The molecule has 2 atom stereocenters. The number of carbonyl (C=O) groups is 2. The largest absolute Gasteiger partial charge is 0.495 e. The first-order valence-corrected chi connectivity index (χ1v) is 9.85. The highest BCUT2D eigenvalue weighted by atomic mass is 35.5. The number of nitrogens with one attached hydrogen (secondary N) is 3. The molecule has 8 heteroatoms. The SMILES string of the molecule is COc1ccc(Cl)cc1NC(=O)N[C@H]1CCC[C@@H](OC(=O)Nc2ccccc2)C1. The van der Waals surface area contributed by atoms with E-state index < -0.39 is 6.09 Å². The van der Waals surface area contributed by atoms with Gasteiger partial charge in [-0.3, -0.25) is 5.32 Å². The van der Waals surface area contributed by atoms with Crippen molar-refractivity contribution in [2.45, 2.75) is 37.8 Å². The Morgan fingerprint density at radius 2 is 1.86 bits per heavy atom. The zero-order valence-corrected chi connectivity index (χ0v) is 16.9. The van der Waals surface area contributed by atoms with Crippen LogP contribution in [-0.4, -0.2) is 31.4 Å². The minimum atomic E-state index is -0.491. The van der Waals surface area contributed by atoms with Crippen molar-refractivity contribution in [1.29, 1.82) is 0 Å². The summed E-state index contributed by atoms with van der Waals surface area (Å²) in [5.41, 5.74) is 1.17. The smallest absolute Gasteiger partial charge is 0.411 e. The van der Waals surface area contributed by atoms with E-state index >= 15 is 0 Å². The molecule has 0 unspecified atom stereocenters. The fourth-order valence-corrected chi connectivity index (χ4v) is 3.50. The van der Waals surface area contributed by atoms with E-state index in [1.165, 1.54) is 7.11 Å². The van der Waals surface area contributed by atoms with Crippen molar-refractivity contribution in [3.63, 3.8) is 0 Å². The van der Waals surface area contributed by atoms with E-state index in [0.29, 0.717) is 28.6 Å². The van der Waals surface area contributed by atoms with E-state index in [4.69, 9.17) is 21.1 Å². The van der Waals surface area contributed by atoms with E-state index in [9.17, 15) is 9.59 Å². The summed E-state index contributed by atoms with van der Waals surface area (Å²) in [6.45, 7) is 0. The number of methoxy groups -OCH3 is 1. The Kier molecular flexibility index (Phi) is 7.19. The van der Waals surface area contributed by atoms with Gasteiger partial charge in [0.15, 0.2) is 0 Å². The maximum atomic E-state index is 12.4. The molecule has 2 aromatic rings. The highest BCUT2D eigenvalue weighted by molar-refractivity contribution is 6.31. The summed E-state index contributed by atoms with van der Waals surface area (Å²) in [5.74, 6) is 0.520. The third-order valence-corrected chi connectivity index (χ3v) is 4.90. The number of halogens is 1. The van der Waals surface area contributed by atoms with Crippen LogP contribution in [0.4, 0.5) is 21.0 Å². The molecule has 1 aliphatic carbocycles. The van der Waals surface area contributed by atoms with Crippen LogP contribution in [0, 0.1) is 0 Å². The van der Waals surface area contributed by atoms with Crippen molar-refractivity contribution in [2.75, 3.05) is 17.7 Å². The fourth-order valence-electron chi connectivity index (χ4n) is 3.32. The van der Waals surface area contributed by atoms with Crippen LogP contribution >= 0.6 is 11.6 Å². The van der Waals surface area contributed by atoms with E-state index in [0.717, 1.165) is 19.3 Å². The van der Waals surface area contributed by atoms with Crippen LogP contribution in [0.15, 0.2) is 48.5 Å². The second kappa shape index (κ2) is 10.0. The molecule has 7 nitrogen and oxygen atoms in total. The number of rotatable bonds is 5. The van der Waals surface area contributed by atoms with Crippen molar-refractivity contribution in [2.24, 2.45) is 0 Å². The van der Waals surface area contributed by atoms with Gasteiger partial charge in [-0.05, 0) is 49.6 Å². The van der Waals surface area contributed by atoms with Crippen LogP contribution in [0.5, 0.6) is 5.75 Å². The molecule has 1 fully saturated rings. The highest BCUT2D eigenvalue weighted by Gasteiger charge is 2.26. The zero-order valence-electron chi connectivity index (χ0n) is 16.1. The Morgan fingerprint density at radius 3 is 2.62 bits per heavy atom. The molecule has 2 aromatic carbocycles. The second-order valence-corrected chi connectivity index (χ2v) is 7.26. The Bertz CT molecular complexity index is 847. The molecule has 29 heavy (non-hydrogen) atoms. The number of benzene rings is 2.